The smallest absolute Gasteiger partial charge is 0.347 e. The molecule has 1 aliphatic rings. The van der Waals surface area contributed by atoms with Crippen LogP contribution in [0.3, 0.4) is 0 Å². The number of carbonyl (C=O) groups excluding carboxylic acids is 1. The minimum absolute atomic E-state index is 0.0913. The quantitative estimate of drug-likeness (QED) is 0.228. The Morgan fingerprint density at radius 3 is 2.48 bits per heavy atom. The van der Waals surface area contributed by atoms with Crippen LogP contribution in [0.1, 0.15) is 58.7 Å². The number of pyridine rings is 1. The standard InChI is InChI=1S/C32H35ClN6O2S/c1-8-26(40)37-15-20(6)38(21(7)16-37)30-24-14-25(33)28(23-12-10-9-11-22(23)13-18(2)3)35-29(24)39(32(41)36-30)31-27(19(4)5)34-17-42-31/h8-14,17,19-21H,1,15-16H2,2-7H3/t20-,21-/m0/s1. The van der Waals surface area contributed by atoms with Crippen LogP contribution in [0.2, 0.25) is 5.02 Å². The number of carbonyl (C=O) groups is 1. The van der Waals surface area contributed by atoms with E-state index in [1.165, 1.54) is 17.4 Å². The van der Waals surface area contributed by atoms with Crippen LogP contribution < -0.4 is 10.6 Å². The predicted molar refractivity (Wildman–Crippen MR) is 173 cm³/mol. The number of rotatable bonds is 6. The molecule has 42 heavy (non-hydrogen) atoms. The van der Waals surface area contributed by atoms with Gasteiger partial charge in [-0.2, -0.15) is 4.98 Å². The van der Waals surface area contributed by atoms with Crippen molar-refractivity contribution in [2.45, 2.75) is 59.5 Å². The molecule has 0 spiro atoms. The van der Waals surface area contributed by atoms with Gasteiger partial charge in [0.25, 0.3) is 0 Å². The molecular weight excluding hydrogens is 568 g/mol. The van der Waals surface area contributed by atoms with Crippen LogP contribution in [-0.4, -0.2) is 55.5 Å². The van der Waals surface area contributed by atoms with Crippen molar-refractivity contribution < 1.29 is 4.79 Å². The van der Waals surface area contributed by atoms with Crippen molar-refractivity contribution in [1.29, 1.82) is 0 Å². The first-order valence-electron chi connectivity index (χ1n) is 14.0. The van der Waals surface area contributed by atoms with Gasteiger partial charge in [0.1, 0.15) is 10.8 Å². The van der Waals surface area contributed by atoms with Crippen LogP contribution in [0.25, 0.3) is 33.4 Å². The largest absolute Gasteiger partial charge is 0.356 e. The minimum atomic E-state index is -0.439. The number of nitrogens with zero attached hydrogens (tertiary/aromatic N) is 6. The zero-order valence-electron chi connectivity index (χ0n) is 24.8. The second-order valence-corrected chi connectivity index (χ2v) is 12.5. The van der Waals surface area contributed by atoms with E-state index in [1.54, 1.807) is 15.0 Å². The number of benzene rings is 1. The third kappa shape index (κ3) is 5.39. The molecule has 0 saturated carbocycles. The predicted octanol–water partition coefficient (Wildman–Crippen LogP) is 6.72. The van der Waals surface area contributed by atoms with Gasteiger partial charge in [0.15, 0.2) is 5.65 Å². The second-order valence-electron chi connectivity index (χ2n) is 11.3. The number of piperazine rings is 1. The molecule has 0 aliphatic carbocycles. The van der Waals surface area contributed by atoms with Crippen molar-refractivity contribution in [3.05, 3.63) is 80.8 Å². The lowest BCUT2D eigenvalue weighted by molar-refractivity contribution is -0.127. The SMILES string of the molecule is C=CC(=O)N1C[C@H](C)N(c2nc(=O)n(-c3scnc3C(C)C)c3nc(-c4ccccc4C=C(C)C)c(Cl)cc23)[C@@H](C)C1. The minimum Gasteiger partial charge on any atom is -0.347 e. The molecule has 4 heterocycles. The van der Waals surface area contributed by atoms with E-state index in [2.05, 4.69) is 27.5 Å². The number of hydrogen-bond acceptors (Lipinski definition) is 7. The lowest BCUT2D eigenvalue weighted by atomic mass is 10.0. The van der Waals surface area contributed by atoms with Crippen molar-refractivity contribution in [1.82, 2.24) is 24.4 Å². The second kappa shape index (κ2) is 11.8. The molecule has 0 N–H and O–H groups in total. The maximum Gasteiger partial charge on any atom is 0.356 e. The monoisotopic (exact) mass is 602 g/mol. The van der Waals surface area contributed by atoms with Crippen molar-refractivity contribution in [3.63, 3.8) is 0 Å². The molecule has 10 heteroatoms. The van der Waals surface area contributed by atoms with Gasteiger partial charge in [0.05, 0.1) is 27.3 Å². The topological polar surface area (TPSA) is 84.2 Å². The fourth-order valence-electron chi connectivity index (χ4n) is 5.69. The average molecular weight is 603 g/mol. The Kier molecular flexibility index (Phi) is 8.35. The number of aromatic nitrogens is 4. The van der Waals surface area contributed by atoms with E-state index >= 15 is 0 Å². The van der Waals surface area contributed by atoms with Crippen LogP contribution in [-0.2, 0) is 4.79 Å². The Bertz CT molecular complexity index is 1760. The molecule has 2 atom stereocenters. The number of anilines is 1. The third-order valence-electron chi connectivity index (χ3n) is 7.44. The molecule has 1 fully saturated rings. The van der Waals surface area contributed by atoms with E-state index in [0.29, 0.717) is 45.7 Å². The molecule has 3 aromatic heterocycles. The van der Waals surface area contributed by atoms with Gasteiger partial charge in [-0.15, -0.1) is 11.3 Å². The summed E-state index contributed by atoms with van der Waals surface area (Å²) in [6.07, 6.45) is 3.43. The maximum atomic E-state index is 14.0. The van der Waals surface area contributed by atoms with Gasteiger partial charge in [-0.3, -0.25) is 4.79 Å². The van der Waals surface area contributed by atoms with E-state index in [4.69, 9.17) is 16.6 Å². The number of hydrogen-bond donors (Lipinski definition) is 0. The van der Waals surface area contributed by atoms with Crippen LogP contribution in [0.5, 0.6) is 0 Å². The van der Waals surface area contributed by atoms with Crippen LogP contribution in [0.15, 0.2) is 58.9 Å². The summed E-state index contributed by atoms with van der Waals surface area (Å²) in [7, 11) is 0. The van der Waals surface area contributed by atoms with Crippen LogP contribution in [0, 0.1) is 0 Å². The van der Waals surface area contributed by atoms with Gasteiger partial charge < -0.3 is 9.80 Å². The van der Waals surface area contributed by atoms with Crippen molar-refractivity contribution >= 4 is 51.8 Å². The number of fused-ring (bicyclic) bond motifs is 1. The highest BCUT2D eigenvalue weighted by Crippen LogP contribution is 2.37. The molecule has 1 amide bonds. The van der Waals surface area contributed by atoms with Crippen LogP contribution >= 0.6 is 22.9 Å². The normalized spacial score (nSPS) is 17.1. The fourth-order valence-corrected chi connectivity index (χ4v) is 6.88. The third-order valence-corrected chi connectivity index (χ3v) is 8.55. The van der Waals surface area contributed by atoms with Crippen molar-refractivity contribution in [2.24, 2.45) is 0 Å². The Balaban J connectivity index is 1.81. The summed E-state index contributed by atoms with van der Waals surface area (Å²) in [6.45, 7) is 16.8. The molecule has 1 aromatic carbocycles. The van der Waals surface area contributed by atoms with E-state index in [1.807, 2.05) is 71.9 Å². The number of amides is 1. The van der Waals surface area contributed by atoms with Crippen LogP contribution in [0.4, 0.5) is 5.82 Å². The molecule has 0 bridgehead atoms. The number of allylic oxidation sites excluding steroid dienone is 1. The van der Waals surface area contributed by atoms with Gasteiger partial charge in [-0.05, 0) is 51.3 Å². The van der Waals surface area contributed by atoms with Gasteiger partial charge in [0.2, 0.25) is 5.91 Å². The van der Waals surface area contributed by atoms with E-state index in [-0.39, 0.29) is 23.9 Å². The molecule has 0 unspecified atom stereocenters. The van der Waals surface area contributed by atoms with E-state index < -0.39 is 5.69 Å². The first-order valence-corrected chi connectivity index (χ1v) is 15.3. The molecule has 1 saturated heterocycles. The Hall–Kier alpha value is -3.82. The number of thiazole rings is 1. The maximum absolute atomic E-state index is 14.0. The lowest BCUT2D eigenvalue weighted by Gasteiger charge is -2.45. The molecule has 218 valence electrons. The molecule has 1 aliphatic heterocycles. The number of halogens is 1. The summed E-state index contributed by atoms with van der Waals surface area (Å²) in [4.78, 5) is 44.6. The van der Waals surface area contributed by atoms with Gasteiger partial charge in [-0.25, -0.2) is 19.3 Å². The first-order chi connectivity index (χ1) is 20.0. The Morgan fingerprint density at radius 2 is 1.83 bits per heavy atom. The molecular formula is C32H35ClN6O2S. The first kappa shape index (κ1) is 29.7. The zero-order chi connectivity index (χ0) is 30.3. The fraction of sp³-hybridized carbons (Fsp3) is 0.344. The highest BCUT2D eigenvalue weighted by molar-refractivity contribution is 7.12. The zero-order valence-corrected chi connectivity index (χ0v) is 26.3. The van der Waals surface area contributed by atoms with Gasteiger partial charge in [-0.1, -0.05) is 67.9 Å². The van der Waals surface area contributed by atoms with E-state index in [9.17, 15) is 9.59 Å². The summed E-state index contributed by atoms with van der Waals surface area (Å²) >= 11 is 8.41. The van der Waals surface area contributed by atoms with Crippen molar-refractivity contribution in [3.8, 4) is 16.3 Å². The summed E-state index contributed by atoms with van der Waals surface area (Å²) in [5.74, 6) is 0.483. The summed E-state index contributed by atoms with van der Waals surface area (Å²) < 4.78 is 1.57. The lowest BCUT2D eigenvalue weighted by Crippen LogP contribution is -2.58. The highest BCUT2D eigenvalue weighted by atomic mass is 35.5. The van der Waals surface area contributed by atoms with Gasteiger partial charge in [0, 0.05) is 30.7 Å². The van der Waals surface area contributed by atoms with Crippen molar-refractivity contribution in [2.75, 3.05) is 18.0 Å². The van der Waals surface area contributed by atoms with Gasteiger partial charge >= 0.3 is 5.69 Å². The highest BCUT2D eigenvalue weighted by Gasteiger charge is 2.34. The Labute approximate surface area is 255 Å². The molecule has 5 rings (SSSR count). The van der Waals surface area contributed by atoms with E-state index in [0.717, 1.165) is 22.4 Å². The molecule has 0 radical (unpaired) electrons. The summed E-state index contributed by atoms with van der Waals surface area (Å²) in [6, 6.07) is 9.60. The summed E-state index contributed by atoms with van der Waals surface area (Å²) in [5, 5.41) is 1.81. The average Bonchev–Trinajstić information content (AvgIpc) is 3.42. The molecule has 4 aromatic rings. The summed E-state index contributed by atoms with van der Waals surface area (Å²) in [5.41, 5.74) is 6.16. The Morgan fingerprint density at radius 1 is 1.14 bits per heavy atom. The molecule has 8 nitrogen and oxygen atoms in total.